The first-order valence-corrected chi connectivity index (χ1v) is 9.39. The van der Waals surface area contributed by atoms with Gasteiger partial charge in [0.2, 0.25) is 11.8 Å². The number of nitrogens with zero attached hydrogens (tertiary/aromatic N) is 3. The topological polar surface area (TPSA) is 128 Å². The number of thioether (sulfide) groups is 1. The Hall–Kier alpha value is -3.53. The summed E-state index contributed by atoms with van der Waals surface area (Å²) in [6, 6.07) is 12.6. The second kappa shape index (κ2) is 8.65. The minimum atomic E-state index is -0.589. The molecule has 2 aromatic carbocycles. The fourth-order valence-electron chi connectivity index (χ4n) is 2.46. The molecule has 0 radical (unpaired) electrons. The van der Waals surface area contributed by atoms with Crippen LogP contribution in [0.4, 0.5) is 11.4 Å². The van der Waals surface area contributed by atoms with Crippen LogP contribution in [0, 0.1) is 10.1 Å². The van der Waals surface area contributed by atoms with Gasteiger partial charge >= 0.3 is 0 Å². The van der Waals surface area contributed by atoms with Gasteiger partial charge in [-0.05, 0) is 32.0 Å². The van der Waals surface area contributed by atoms with Crippen molar-refractivity contribution in [1.82, 2.24) is 10.2 Å². The van der Waals surface area contributed by atoms with Crippen LogP contribution in [0.25, 0.3) is 11.5 Å². The van der Waals surface area contributed by atoms with Crippen molar-refractivity contribution in [3.8, 4) is 11.5 Å². The van der Waals surface area contributed by atoms with Crippen molar-refractivity contribution in [2.75, 3.05) is 5.32 Å². The molecule has 0 fully saturated rings. The molecule has 10 heteroatoms. The number of Topliss-reactive ketones (excluding diaryl/α,β-unsaturated/α-hetero) is 1. The van der Waals surface area contributed by atoms with Crippen LogP contribution in [-0.2, 0) is 4.79 Å². The molecule has 1 heterocycles. The quantitative estimate of drug-likeness (QED) is 0.267. The van der Waals surface area contributed by atoms with E-state index in [1.54, 1.807) is 37.3 Å². The number of nitro groups is 1. The molecule has 0 aliphatic rings. The van der Waals surface area contributed by atoms with Crippen molar-refractivity contribution in [3.63, 3.8) is 0 Å². The van der Waals surface area contributed by atoms with E-state index < -0.39 is 10.2 Å². The second-order valence-electron chi connectivity index (χ2n) is 6.03. The van der Waals surface area contributed by atoms with Crippen LogP contribution in [-0.4, -0.2) is 32.1 Å². The molecule has 1 atom stereocenters. The predicted octanol–water partition coefficient (Wildman–Crippen LogP) is 3.97. The molecule has 0 saturated heterocycles. The van der Waals surface area contributed by atoms with E-state index in [9.17, 15) is 19.7 Å². The van der Waals surface area contributed by atoms with E-state index in [0.717, 1.165) is 11.8 Å². The van der Waals surface area contributed by atoms with Crippen LogP contribution in [0.1, 0.15) is 24.2 Å². The standard InChI is InChI=1S/C19H16N4O5S/c1-11(24)15-8-3-4-9-16(15)20-17(25)12(2)29-19-22-21-18(28-19)13-6-5-7-14(10-13)23(26)27/h3-10,12H,1-2H3,(H,20,25)/t12-/m0/s1. The van der Waals surface area contributed by atoms with Crippen LogP contribution in [0.3, 0.4) is 0 Å². The number of hydrogen-bond donors (Lipinski definition) is 1. The van der Waals surface area contributed by atoms with Gasteiger partial charge in [0.15, 0.2) is 5.78 Å². The fraction of sp³-hybridized carbons (Fsp3) is 0.158. The second-order valence-corrected chi connectivity index (χ2v) is 7.32. The summed E-state index contributed by atoms with van der Waals surface area (Å²) in [6.07, 6.45) is 0. The number of aromatic nitrogens is 2. The van der Waals surface area contributed by atoms with Crippen LogP contribution < -0.4 is 5.32 Å². The van der Waals surface area contributed by atoms with Crippen molar-refractivity contribution >= 4 is 34.8 Å². The van der Waals surface area contributed by atoms with E-state index in [4.69, 9.17) is 4.42 Å². The van der Waals surface area contributed by atoms with Crippen LogP contribution in [0.2, 0.25) is 0 Å². The molecule has 0 aliphatic carbocycles. The molecule has 0 spiro atoms. The lowest BCUT2D eigenvalue weighted by molar-refractivity contribution is -0.384. The molecule has 1 amide bonds. The van der Waals surface area contributed by atoms with Gasteiger partial charge in [0, 0.05) is 23.3 Å². The maximum absolute atomic E-state index is 12.5. The van der Waals surface area contributed by atoms with E-state index in [1.165, 1.54) is 25.1 Å². The van der Waals surface area contributed by atoms with Gasteiger partial charge in [-0.3, -0.25) is 19.7 Å². The molecule has 1 aromatic heterocycles. The van der Waals surface area contributed by atoms with E-state index in [0.29, 0.717) is 16.8 Å². The number of hydrogen-bond acceptors (Lipinski definition) is 8. The lowest BCUT2D eigenvalue weighted by atomic mass is 10.1. The smallest absolute Gasteiger partial charge is 0.277 e. The number of carbonyl (C=O) groups excluding carboxylic acids is 2. The largest absolute Gasteiger partial charge is 0.411 e. The number of benzene rings is 2. The Balaban J connectivity index is 1.70. The highest BCUT2D eigenvalue weighted by atomic mass is 32.2. The molecule has 0 saturated carbocycles. The molecule has 9 nitrogen and oxygen atoms in total. The van der Waals surface area contributed by atoms with Crippen LogP contribution in [0.15, 0.2) is 58.2 Å². The van der Waals surface area contributed by atoms with E-state index in [1.807, 2.05) is 0 Å². The summed E-state index contributed by atoms with van der Waals surface area (Å²) in [7, 11) is 0. The predicted molar refractivity (Wildman–Crippen MR) is 107 cm³/mol. The summed E-state index contributed by atoms with van der Waals surface area (Å²) >= 11 is 1.04. The van der Waals surface area contributed by atoms with Crippen molar-refractivity contribution in [2.45, 2.75) is 24.3 Å². The van der Waals surface area contributed by atoms with Crippen molar-refractivity contribution < 1.29 is 18.9 Å². The first-order valence-electron chi connectivity index (χ1n) is 8.51. The Bertz CT molecular complexity index is 1080. The molecule has 0 aliphatic heterocycles. The van der Waals surface area contributed by atoms with Gasteiger partial charge in [0.25, 0.3) is 10.9 Å². The Morgan fingerprint density at radius 2 is 1.93 bits per heavy atom. The fourth-order valence-corrected chi connectivity index (χ4v) is 3.15. The highest BCUT2D eigenvalue weighted by Gasteiger charge is 2.20. The highest BCUT2D eigenvalue weighted by Crippen LogP contribution is 2.28. The first-order chi connectivity index (χ1) is 13.8. The highest BCUT2D eigenvalue weighted by molar-refractivity contribution is 8.00. The Labute approximate surface area is 169 Å². The zero-order valence-corrected chi connectivity index (χ0v) is 16.3. The summed E-state index contributed by atoms with van der Waals surface area (Å²) in [4.78, 5) is 34.5. The van der Waals surface area contributed by atoms with Crippen LogP contribution in [0.5, 0.6) is 0 Å². The number of rotatable bonds is 7. The summed E-state index contributed by atoms with van der Waals surface area (Å²) in [5.41, 5.74) is 1.17. The summed E-state index contributed by atoms with van der Waals surface area (Å²) in [5, 5.41) is 20.9. The Morgan fingerprint density at radius 3 is 2.66 bits per heavy atom. The third-order valence-electron chi connectivity index (χ3n) is 3.92. The lowest BCUT2D eigenvalue weighted by Gasteiger charge is -2.12. The van der Waals surface area contributed by atoms with Gasteiger partial charge in [-0.25, -0.2) is 0 Å². The van der Waals surface area contributed by atoms with Gasteiger partial charge in [0.1, 0.15) is 0 Å². The minimum Gasteiger partial charge on any atom is -0.411 e. The van der Waals surface area contributed by atoms with E-state index in [2.05, 4.69) is 15.5 Å². The Kier molecular flexibility index (Phi) is 6.03. The zero-order valence-electron chi connectivity index (χ0n) is 15.5. The lowest BCUT2D eigenvalue weighted by Crippen LogP contribution is -2.23. The number of nitrogens with one attached hydrogen (secondary N) is 1. The average molecular weight is 412 g/mol. The molecule has 3 rings (SSSR count). The molecule has 3 aromatic rings. The van der Waals surface area contributed by atoms with Gasteiger partial charge in [0.05, 0.1) is 15.9 Å². The summed E-state index contributed by atoms with van der Waals surface area (Å²) in [6.45, 7) is 3.09. The minimum absolute atomic E-state index is 0.0909. The zero-order chi connectivity index (χ0) is 21.0. The molecule has 1 N–H and O–H groups in total. The molecular weight excluding hydrogens is 396 g/mol. The Morgan fingerprint density at radius 1 is 1.17 bits per heavy atom. The summed E-state index contributed by atoms with van der Waals surface area (Å²) in [5.74, 6) is -0.371. The van der Waals surface area contributed by atoms with Crippen molar-refractivity contribution in [3.05, 3.63) is 64.2 Å². The number of anilines is 1. The molecule has 29 heavy (non-hydrogen) atoms. The molecule has 0 unspecified atom stereocenters. The van der Waals surface area contributed by atoms with Crippen LogP contribution >= 0.6 is 11.8 Å². The van der Waals surface area contributed by atoms with Crippen molar-refractivity contribution in [2.24, 2.45) is 0 Å². The maximum Gasteiger partial charge on any atom is 0.277 e. The number of carbonyl (C=O) groups is 2. The number of ketones is 1. The van der Waals surface area contributed by atoms with E-state index >= 15 is 0 Å². The number of nitro benzene ring substituents is 1. The number of amides is 1. The third-order valence-corrected chi connectivity index (χ3v) is 4.86. The molecule has 148 valence electrons. The number of para-hydroxylation sites is 1. The van der Waals surface area contributed by atoms with Gasteiger partial charge in [-0.2, -0.15) is 0 Å². The van der Waals surface area contributed by atoms with Gasteiger partial charge in [-0.15, -0.1) is 10.2 Å². The van der Waals surface area contributed by atoms with Gasteiger partial charge in [-0.1, -0.05) is 30.0 Å². The number of non-ortho nitro benzene ring substituents is 1. The van der Waals surface area contributed by atoms with Crippen molar-refractivity contribution in [1.29, 1.82) is 0 Å². The van der Waals surface area contributed by atoms with Gasteiger partial charge < -0.3 is 9.73 Å². The third kappa shape index (κ3) is 4.85. The monoisotopic (exact) mass is 412 g/mol. The van der Waals surface area contributed by atoms with E-state index in [-0.39, 0.29) is 28.5 Å². The normalized spacial score (nSPS) is 11.7. The maximum atomic E-state index is 12.5. The SMILES string of the molecule is CC(=O)c1ccccc1NC(=O)[C@H](C)Sc1nnc(-c2cccc([N+](=O)[O-])c2)o1. The summed E-state index contributed by atoms with van der Waals surface area (Å²) < 4.78 is 5.52. The molecular formula is C19H16N4O5S. The molecule has 0 bridgehead atoms. The first kappa shape index (κ1) is 20.2. The average Bonchev–Trinajstić information content (AvgIpc) is 3.16.